The van der Waals surface area contributed by atoms with E-state index in [0.717, 1.165) is 5.75 Å². The molecule has 7 nitrogen and oxygen atoms in total. The zero-order valence-electron chi connectivity index (χ0n) is 12.9. The summed E-state index contributed by atoms with van der Waals surface area (Å²) in [5, 5.41) is 18.1. The summed E-state index contributed by atoms with van der Waals surface area (Å²) in [5.74, 6) is 2.61. The highest BCUT2D eigenvalue weighted by Crippen LogP contribution is 2.24. The monoisotopic (exact) mass is 348 g/mol. The molecule has 0 bridgehead atoms. The molecule has 2 aromatic heterocycles. The molecular weight excluding hydrogens is 332 g/mol. The van der Waals surface area contributed by atoms with E-state index in [0.29, 0.717) is 28.4 Å². The Labute approximate surface area is 142 Å². The summed E-state index contributed by atoms with van der Waals surface area (Å²) in [4.78, 5) is 0. The molecule has 1 atom stereocenters. The van der Waals surface area contributed by atoms with Gasteiger partial charge in [-0.2, -0.15) is 0 Å². The molecule has 8 heteroatoms. The topological polar surface area (TPSA) is 90.8 Å². The lowest BCUT2D eigenvalue weighted by molar-refractivity contribution is 0.126. The van der Waals surface area contributed by atoms with Crippen molar-refractivity contribution in [1.82, 2.24) is 10.2 Å². The molecular formula is C16H16N2O5S. The van der Waals surface area contributed by atoms with E-state index in [4.69, 9.17) is 18.3 Å². The number of hydrogen-bond acceptors (Lipinski definition) is 8. The second kappa shape index (κ2) is 7.89. The molecule has 0 fully saturated rings. The van der Waals surface area contributed by atoms with Crippen LogP contribution in [0.4, 0.5) is 0 Å². The van der Waals surface area contributed by atoms with Gasteiger partial charge in [0.15, 0.2) is 5.76 Å². The number of furan rings is 1. The molecule has 126 valence electrons. The number of thioether (sulfide) groups is 1. The van der Waals surface area contributed by atoms with Crippen LogP contribution in [-0.2, 0) is 0 Å². The first-order valence-electron chi connectivity index (χ1n) is 7.19. The summed E-state index contributed by atoms with van der Waals surface area (Å²) in [6.45, 7) is 0.165. The number of aliphatic hydroxyl groups excluding tert-OH is 1. The summed E-state index contributed by atoms with van der Waals surface area (Å²) in [6.07, 6.45) is 0.864. The molecule has 1 aromatic carbocycles. The Morgan fingerprint density at radius 2 is 1.96 bits per heavy atom. The van der Waals surface area contributed by atoms with Crippen LogP contribution in [-0.4, -0.2) is 40.9 Å². The van der Waals surface area contributed by atoms with Crippen molar-refractivity contribution in [2.75, 3.05) is 19.5 Å². The minimum Gasteiger partial charge on any atom is -0.497 e. The molecule has 2 heterocycles. The number of nitrogens with zero attached hydrogens (tertiary/aromatic N) is 2. The molecule has 0 aliphatic carbocycles. The van der Waals surface area contributed by atoms with Crippen molar-refractivity contribution in [3.05, 3.63) is 42.7 Å². The van der Waals surface area contributed by atoms with Gasteiger partial charge < -0.3 is 23.4 Å². The number of methoxy groups -OCH3 is 1. The van der Waals surface area contributed by atoms with E-state index < -0.39 is 6.10 Å². The molecule has 0 spiro atoms. The second-order valence-electron chi connectivity index (χ2n) is 4.80. The Hall–Kier alpha value is -2.45. The van der Waals surface area contributed by atoms with Gasteiger partial charge in [-0.3, -0.25) is 0 Å². The van der Waals surface area contributed by atoms with Crippen molar-refractivity contribution < 1.29 is 23.4 Å². The van der Waals surface area contributed by atoms with Crippen molar-refractivity contribution in [3.63, 3.8) is 0 Å². The van der Waals surface area contributed by atoms with Gasteiger partial charge in [0.2, 0.25) is 0 Å². The first-order chi connectivity index (χ1) is 11.7. The lowest BCUT2D eigenvalue weighted by Crippen LogP contribution is -2.20. The third kappa shape index (κ3) is 4.30. The highest BCUT2D eigenvalue weighted by Gasteiger charge is 2.13. The fraction of sp³-hybridized carbons (Fsp3) is 0.250. The van der Waals surface area contributed by atoms with Gasteiger partial charge in [0.05, 0.1) is 19.5 Å². The van der Waals surface area contributed by atoms with Gasteiger partial charge in [0.25, 0.3) is 11.1 Å². The standard InChI is InChI=1S/C16H16N2O5S/c1-20-12-4-6-13(7-5-12)22-9-11(19)10-24-16-18-17-15(23-16)14-3-2-8-21-14/h2-8,11,19H,9-10H2,1H3/t11-/m1/s1. The third-order valence-electron chi connectivity index (χ3n) is 3.04. The quantitative estimate of drug-likeness (QED) is 0.622. The molecule has 0 saturated heterocycles. The Bertz CT molecular complexity index is 742. The molecule has 0 unspecified atom stereocenters. The van der Waals surface area contributed by atoms with Gasteiger partial charge in [-0.25, -0.2) is 0 Å². The summed E-state index contributed by atoms with van der Waals surface area (Å²) in [7, 11) is 1.60. The van der Waals surface area contributed by atoms with Crippen LogP contribution in [0.2, 0.25) is 0 Å². The van der Waals surface area contributed by atoms with Gasteiger partial charge >= 0.3 is 0 Å². The first-order valence-corrected chi connectivity index (χ1v) is 8.18. The normalized spacial score (nSPS) is 12.1. The van der Waals surface area contributed by atoms with Crippen LogP contribution in [0.25, 0.3) is 11.7 Å². The zero-order chi connectivity index (χ0) is 16.8. The number of hydrogen-bond donors (Lipinski definition) is 1. The van der Waals surface area contributed by atoms with E-state index in [-0.39, 0.29) is 6.61 Å². The number of benzene rings is 1. The molecule has 0 amide bonds. The van der Waals surface area contributed by atoms with Gasteiger partial charge in [-0.1, -0.05) is 11.8 Å². The maximum absolute atomic E-state index is 9.98. The van der Waals surface area contributed by atoms with Gasteiger partial charge in [0, 0.05) is 5.75 Å². The predicted octanol–water partition coefficient (Wildman–Crippen LogP) is 2.87. The fourth-order valence-electron chi connectivity index (χ4n) is 1.85. The summed E-state index contributed by atoms with van der Waals surface area (Å²) < 4.78 is 21.2. The van der Waals surface area contributed by atoms with E-state index in [9.17, 15) is 5.11 Å². The minimum absolute atomic E-state index is 0.165. The predicted molar refractivity (Wildman–Crippen MR) is 87.2 cm³/mol. The summed E-state index contributed by atoms with van der Waals surface area (Å²) >= 11 is 1.26. The van der Waals surface area contributed by atoms with Crippen molar-refractivity contribution >= 4 is 11.8 Å². The Morgan fingerprint density at radius 3 is 2.67 bits per heavy atom. The van der Waals surface area contributed by atoms with Crippen LogP contribution in [0.1, 0.15) is 0 Å². The molecule has 0 saturated carbocycles. The van der Waals surface area contributed by atoms with E-state index in [1.54, 1.807) is 43.5 Å². The number of ether oxygens (including phenoxy) is 2. The van der Waals surface area contributed by atoms with E-state index in [1.807, 2.05) is 0 Å². The van der Waals surface area contributed by atoms with E-state index in [1.165, 1.54) is 18.0 Å². The third-order valence-corrected chi connectivity index (χ3v) is 4.00. The van der Waals surface area contributed by atoms with Gasteiger partial charge in [0.1, 0.15) is 18.1 Å². The first kappa shape index (κ1) is 16.4. The number of aliphatic hydroxyl groups is 1. The van der Waals surface area contributed by atoms with E-state index >= 15 is 0 Å². The highest BCUT2D eigenvalue weighted by molar-refractivity contribution is 7.99. The lowest BCUT2D eigenvalue weighted by atomic mass is 10.3. The molecule has 0 aliphatic heterocycles. The van der Waals surface area contributed by atoms with Crippen LogP contribution in [0.3, 0.4) is 0 Å². The van der Waals surface area contributed by atoms with Crippen molar-refractivity contribution in [1.29, 1.82) is 0 Å². The summed E-state index contributed by atoms with van der Waals surface area (Å²) in [5.41, 5.74) is 0. The van der Waals surface area contributed by atoms with E-state index in [2.05, 4.69) is 10.2 Å². The molecule has 1 N–H and O–H groups in total. The fourth-order valence-corrected chi connectivity index (χ4v) is 2.52. The summed E-state index contributed by atoms with van der Waals surface area (Å²) in [6, 6.07) is 10.6. The van der Waals surface area contributed by atoms with Gasteiger partial charge in [-0.05, 0) is 36.4 Å². The van der Waals surface area contributed by atoms with Crippen molar-refractivity contribution in [2.45, 2.75) is 11.3 Å². The number of aromatic nitrogens is 2. The second-order valence-corrected chi connectivity index (χ2v) is 5.77. The highest BCUT2D eigenvalue weighted by atomic mass is 32.2. The largest absolute Gasteiger partial charge is 0.497 e. The smallest absolute Gasteiger partial charge is 0.284 e. The van der Waals surface area contributed by atoms with Gasteiger partial charge in [-0.15, -0.1) is 10.2 Å². The van der Waals surface area contributed by atoms with Crippen molar-refractivity contribution in [2.24, 2.45) is 0 Å². The van der Waals surface area contributed by atoms with Crippen LogP contribution in [0, 0.1) is 0 Å². The molecule has 3 rings (SSSR count). The molecule has 3 aromatic rings. The minimum atomic E-state index is -0.670. The van der Waals surface area contributed by atoms with Crippen LogP contribution in [0.15, 0.2) is 56.7 Å². The molecule has 0 radical (unpaired) electrons. The SMILES string of the molecule is COc1ccc(OC[C@@H](O)CSc2nnc(-c3ccco3)o2)cc1. The Kier molecular flexibility index (Phi) is 5.39. The Morgan fingerprint density at radius 1 is 1.17 bits per heavy atom. The average Bonchev–Trinajstić information content (AvgIpc) is 3.29. The Balaban J connectivity index is 1.44. The molecule has 24 heavy (non-hydrogen) atoms. The van der Waals surface area contributed by atoms with Crippen LogP contribution >= 0.6 is 11.8 Å². The van der Waals surface area contributed by atoms with Crippen LogP contribution < -0.4 is 9.47 Å². The lowest BCUT2D eigenvalue weighted by Gasteiger charge is -2.11. The molecule has 0 aliphatic rings. The maximum Gasteiger partial charge on any atom is 0.284 e. The average molecular weight is 348 g/mol. The number of rotatable bonds is 8. The van der Waals surface area contributed by atoms with Crippen molar-refractivity contribution in [3.8, 4) is 23.1 Å². The van der Waals surface area contributed by atoms with Crippen LogP contribution in [0.5, 0.6) is 11.5 Å². The maximum atomic E-state index is 9.98. The zero-order valence-corrected chi connectivity index (χ0v) is 13.7.